The van der Waals surface area contributed by atoms with Crippen LogP contribution in [0.2, 0.25) is 0 Å². The van der Waals surface area contributed by atoms with Gasteiger partial charge in [-0.05, 0) is 48.9 Å². The van der Waals surface area contributed by atoms with Crippen LogP contribution in [0, 0.1) is 0 Å². The Hall–Kier alpha value is -1.33. The summed E-state index contributed by atoms with van der Waals surface area (Å²) >= 11 is 6.80. The molecular formula is C16H15Br2NO2. The molecule has 2 aromatic rings. The third kappa shape index (κ3) is 3.66. The summed E-state index contributed by atoms with van der Waals surface area (Å²) in [6.07, 6.45) is 0. The first-order chi connectivity index (χ1) is 9.95. The molecule has 0 aliphatic heterocycles. The lowest BCUT2D eigenvalue weighted by Crippen LogP contribution is -2.41. The number of hydrogen-bond donors (Lipinski definition) is 1. The van der Waals surface area contributed by atoms with Crippen molar-refractivity contribution in [1.29, 1.82) is 0 Å². The van der Waals surface area contributed by atoms with Crippen LogP contribution in [0.4, 0.5) is 5.69 Å². The predicted molar refractivity (Wildman–Crippen MR) is 91.3 cm³/mol. The average molecular weight is 413 g/mol. The third-order valence-corrected chi connectivity index (χ3v) is 4.31. The van der Waals surface area contributed by atoms with Gasteiger partial charge in [-0.15, -0.1) is 0 Å². The average Bonchev–Trinajstić information content (AvgIpc) is 2.49. The fourth-order valence-electron chi connectivity index (χ4n) is 2.05. The number of halogens is 2. The lowest BCUT2D eigenvalue weighted by Gasteiger charge is -2.29. The topological polar surface area (TPSA) is 38.3 Å². The summed E-state index contributed by atoms with van der Waals surface area (Å²) in [5, 5.41) is 3.26. The van der Waals surface area contributed by atoms with Gasteiger partial charge in [-0.1, -0.05) is 44.0 Å². The number of anilines is 1. The van der Waals surface area contributed by atoms with Gasteiger partial charge in [0, 0.05) is 14.6 Å². The number of ether oxygens (including phenoxy) is 1. The van der Waals surface area contributed by atoms with Gasteiger partial charge in [-0.25, -0.2) is 4.79 Å². The van der Waals surface area contributed by atoms with Crippen molar-refractivity contribution in [3.63, 3.8) is 0 Å². The molecule has 0 aliphatic carbocycles. The van der Waals surface area contributed by atoms with Crippen LogP contribution < -0.4 is 5.32 Å². The van der Waals surface area contributed by atoms with E-state index in [1.165, 1.54) is 7.11 Å². The van der Waals surface area contributed by atoms with Crippen LogP contribution in [-0.4, -0.2) is 13.1 Å². The molecule has 2 aromatic carbocycles. The van der Waals surface area contributed by atoms with Crippen molar-refractivity contribution >= 4 is 43.5 Å². The number of carbonyl (C=O) groups excluding carboxylic acids is 1. The van der Waals surface area contributed by atoms with E-state index in [0.717, 1.165) is 20.2 Å². The number of carbonyl (C=O) groups is 1. The Morgan fingerprint density at radius 3 is 1.95 bits per heavy atom. The first kappa shape index (κ1) is 16.0. The molecule has 1 atom stereocenters. The zero-order valence-corrected chi connectivity index (χ0v) is 14.9. The first-order valence-electron chi connectivity index (χ1n) is 6.34. The fraction of sp³-hybridized carbons (Fsp3) is 0.188. The minimum absolute atomic E-state index is 0.340. The van der Waals surface area contributed by atoms with Crippen molar-refractivity contribution in [2.45, 2.75) is 12.5 Å². The van der Waals surface area contributed by atoms with Gasteiger partial charge in [0.1, 0.15) is 0 Å². The van der Waals surface area contributed by atoms with Crippen LogP contribution in [0.15, 0.2) is 57.5 Å². The molecule has 0 aromatic heterocycles. The normalized spacial score (nSPS) is 13.3. The van der Waals surface area contributed by atoms with Gasteiger partial charge < -0.3 is 10.1 Å². The predicted octanol–water partition coefficient (Wildman–Crippen LogP) is 4.71. The maximum Gasteiger partial charge on any atom is 0.335 e. The summed E-state index contributed by atoms with van der Waals surface area (Å²) in [5.74, 6) is -0.340. The van der Waals surface area contributed by atoms with Crippen LogP contribution in [-0.2, 0) is 15.1 Å². The Morgan fingerprint density at radius 1 is 1.00 bits per heavy atom. The van der Waals surface area contributed by atoms with Crippen molar-refractivity contribution in [1.82, 2.24) is 0 Å². The second-order valence-electron chi connectivity index (χ2n) is 4.76. The number of rotatable bonds is 4. The summed E-state index contributed by atoms with van der Waals surface area (Å²) in [5.41, 5.74) is 0.720. The SMILES string of the molecule is COC(=O)C(C)(Nc1ccc(Br)cc1)c1ccc(Br)cc1. The zero-order valence-electron chi connectivity index (χ0n) is 11.7. The lowest BCUT2D eigenvalue weighted by atomic mass is 9.91. The minimum atomic E-state index is -0.955. The minimum Gasteiger partial charge on any atom is -0.467 e. The van der Waals surface area contributed by atoms with E-state index in [2.05, 4.69) is 37.2 Å². The molecule has 0 spiro atoms. The Kier molecular flexibility index (Phi) is 5.06. The molecule has 1 N–H and O–H groups in total. The van der Waals surface area contributed by atoms with E-state index in [1.54, 1.807) is 0 Å². The van der Waals surface area contributed by atoms with E-state index in [4.69, 9.17) is 4.74 Å². The van der Waals surface area contributed by atoms with E-state index in [0.29, 0.717) is 0 Å². The third-order valence-electron chi connectivity index (χ3n) is 3.25. The molecule has 2 rings (SSSR count). The molecule has 5 heteroatoms. The standard InChI is InChI=1S/C16H15Br2NO2/c1-16(15(20)21-2,11-3-5-12(17)6-4-11)19-14-9-7-13(18)8-10-14/h3-10,19H,1-2H3. The van der Waals surface area contributed by atoms with Crippen LogP contribution in [0.5, 0.6) is 0 Å². The molecule has 21 heavy (non-hydrogen) atoms. The zero-order chi connectivity index (χ0) is 15.5. The number of esters is 1. The quantitative estimate of drug-likeness (QED) is 0.738. The number of hydrogen-bond acceptors (Lipinski definition) is 3. The Labute approximate surface area is 141 Å². The van der Waals surface area contributed by atoms with Crippen molar-refractivity contribution in [3.05, 3.63) is 63.0 Å². The van der Waals surface area contributed by atoms with E-state index in [9.17, 15) is 4.79 Å². The number of benzene rings is 2. The lowest BCUT2D eigenvalue weighted by molar-refractivity contribution is -0.145. The van der Waals surface area contributed by atoms with Gasteiger partial charge in [-0.3, -0.25) is 0 Å². The summed E-state index contributed by atoms with van der Waals surface area (Å²) in [4.78, 5) is 12.3. The molecule has 3 nitrogen and oxygen atoms in total. The Bertz CT molecular complexity index is 626. The summed E-state index contributed by atoms with van der Waals surface area (Å²) < 4.78 is 6.92. The van der Waals surface area contributed by atoms with E-state index in [1.807, 2.05) is 55.5 Å². The Balaban J connectivity index is 2.39. The van der Waals surface area contributed by atoms with E-state index in [-0.39, 0.29) is 5.97 Å². The van der Waals surface area contributed by atoms with Crippen molar-refractivity contribution < 1.29 is 9.53 Å². The van der Waals surface area contributed by atoms with Crippen molar-refractivity contribution in [2.75, 3.05) is 12.4 Å². The second kappa shape index (κ2) is 6.62. The highest BCUT2D eigenvalue weighted by Crippen LogP contribution is 2.29. The van der Waals surface area contributed by atoms with Gasteiger partial charge >= 0.3 is 5.97 Å². The highest BCUT2D eigenvalue weighted by atomic mass is 79.9. The molecule has 0 aliphatic rings. The van der Waals surface area contributed by atoms with Crippen LogP contribution in [0.1, 0.15) is 12.5 Å². The fourth-order valence-corrected chi connectivity index (χ4v) is 2.58. The molecule has 0 amide bonds. The van der Waals surface area contributed by atoms with Crippen molar-refractivity contribution in [2.24, 2.45) is 0 Å². The van der Waals surface area contributed by atoms with Crippen molar-refractivity contribution in [3.8, 4) is 0 Å². The van der Waals surface area contributed by atoms with Gasteiger partial charge in [0.15, 0.2) is 5.54 Å². The van der Waals surface area contributed by atoms with E-state index < -0.39 is 5.54 Å². The summed E-state index contributed by atoms with van der Waals surface area (Å²) in [6, 6.07) is 15.2. The highest BCUT2D eigenvalue weighted by molar-refractivity contribution is 9.10. The number of nitrogens with one attached hydrogen (secondary N) is 1. The van der Waals surface area contributed by atoms with Crippen LogP contribution in [0.25, 0.3) is 0 Å². The van der Waals surface area contributed by atoms with Crippen LogP contribution in [0.3, 0.4) is 0 Å². The molecule has 1 unspecified atom stereocenters. The number of methoxy groups -OCH3 is 1. The Morgan fingerprint density at radius 2 is 1.48 bits per heavy atom. The highest BCUT2D eigenvalue weighted by Gasteiger charge is 2.36. The van der Waals surface area contributed by atoms with Gasteiger partial charge in [0.05, 0.1) is 7.11 Å². The van der Waals surface area contributed by atoms with Crippen LogP contribution >= 0.6 is 31.9 Å². The maximum absolute atomic E-state index is 12.3. The monoisotopic (exact) mass is 411 g/mol. The molecule has 0 bridgehead atoms. The van der Waals surface area contributed by atoms with Gasteiger partial charge in [-0.2, -0.15) is 0 Å². The summed E-state index contributed by atoms with van der Waals surface area (Å²) in [6.45, 7) is 1.81. The molecule has 0 radical (unpaired) electrons. The molecule has 0 fully saturated rings. The smallest absolute Gasteiger partial charge is 0.335 e. The molecule has 0 saturated heterocycles. The maximum atomic E-state index is 12.3. The van der Waals surface area contributed by atoms with E-state index >= 15 is 0 Å². The first-order valence-corrected chi connectivity index (χ1v) is 7.92. The van der Waals surface area contributed by atoms with Gasteiger partial charge in [0.25, 0.3) is 0 Å². The molecule has 0 saturated carbocycles. The summed E-state index contributed by atoms with van der Waals surface area (Å²) in [7, 11) is 1.39. The second-order valence-corrected chi connectivity index (χ2v) is 6.59. The largest absolute Gasteiger partial charge is 0.467 e. The molecule has 110 valence electrons. The molecule has 0 heterocycles. The van der Waals surface area contributed by atoms with Gasteiger partial charge in [0.2, 0.25) is 0 Å². The molecular weight excluding hydrogens is 398 g/mol.